The number of hydrogen-bond acceptors (Lipinski definition) is 8. The van der Waals surface area contributed by atoms with Gasteiger partial charge < -0.3 is 4.57 Å². The molecule has 3 heterocycles. The molecule has 0 atom stereocenters. The van der Waals surface area contributed by atoms with Crippen molar-refractivity contribution in [3.63, 3.8) is 0 Å². The summed E-state index contributed by atoms with van der Waals surface area (Å²) in [7, 11) is 0.886. The van der Waals surface area contributed by atoms with E-state index in [9.17, 15) is 26.4 Å². The van der Waals surface area contributed by atoms with E-state index >= 15 is 0 Å². The summed E-state index contributed by atoms with van der Waals surface area (Å²) in [5, 5.41) is 10.9. The molecule has 4 rings (SSSR count). The van der Waals surface area contributed by atoms with Crippen LogP contribution in [0.4, 0.5) is 18.9 Å². The molecule has 1 amide bonds. The highest BCUT2D eigenvalue weighted by Gasteiger charge is 2.34. The van der Waals surface area contributed by atoms with E-state index in [1.54, 1.807) is 14.1 Å². The molecule has 14 heteroatoms. The molecule has 0 N–H and O–H groups in total. The molecule has 0 unspecified atom stereocenters. The smallest absolute Gasteiger partial charge is 0.307 e. The van der Waals surface area contributed by atoms with Crippen LogP contribution >= 0.6 is 0 Å². The monoisotopic (exact) mass is 523 g/mol. The van der Waals surface area contributed by atoms with Crippen molar-refractivity contribution < 1.29 is 26.4 Å². The lowest BCUT2D eigenvalue weighted by molar-refractivity contribution is -0.137. The number of hydrogen-bond donors (Lipinski definition) is 0. The summed E-state index contributed by atoms with van der Waals surface area (Å²) in [6.45, 7) is 1.48. The molecule has 0 bridgehead atoms. The third-order valence-electron chi connectivity index (χ3n) is 6.03. The summed E-state index contributed by atoms with van der Waals surface area (Å²) in [6, 6.07) is 3.08. The Morgan fingerprint density at radius 3 is 2.42 bits per heavy atom. The minimum absolute atomic E-state index is 0.00806. The minimum Gasteiger partial charge on any atom is -0.307 e. The first-order valence-electron chi connectivity index (χ1n) is 11.0. The highest BCUT2D eigenvalue weighted by atomic mass is 32.2. The second-order valence-electron chi connectivity index (χ2n) is 8.44. The van der Waals surface area contributed by atoms with Crippen molar-refractivity contribution in [1.29, 1.82) is 0 Å². The fraction of sp³-hybridized carbons (Fsp3) is 0.409. The van der Waals surface area contributed by atoms with E-state index < -0.39 is 21.6 Å². The van der Waals surface area contributed by atoms with Crippen molar-refractivity contribution in [1.82, 2.24) is 29.7 Å². The number of sulfone groups is 1. The number of carbonyl (C=O) groups excluding carboxylic acids is 1. The first-order valence-corrected chi connectivity index (χ1v) is 12.7. The maximum atomic E-state index is 13.2. The Balaban J connectivity index is 1.78. The highest BCUT2D eigenvalue weighted by molar-refractivity contribution is 7.91. The van der Waals surface area contributed by atoms with Crippen LogP contribution in [0, 0.1) is 5.92 Å². The quantitative estimate of drug-likeness (QED) is 0.435. The van der Waals surface area contributed by atoms with Gasteiger partial charge in [0.2, 0.25) is 5.91 Å². The van der Waals surface area contributed by atoms with Crippen molar-refractivity contribution in [2.75, 3.05) is 24.9 Å². The average molecular weight is 524 g/mol. The topological polar surface area (TPSA) is 114 Å². The van der Waals surface area contributed by atoms with Gasteiger partial charge in [-0.05, 0) is 31.0 Å². The van der Waals surface area contributed by atoms with Gasteiger partial charge in [0.05, 0.1) is 28.1 Å². The lowest BCUT2D eigenvalue weighted by Crippen LogP contribution is -2.42. The van der Waals surface area contributed by atoms with Crippen LogP contribution in [0.1, 0.15) is 25.3 Å². The molecule has 192 valence electrons. The lowest BCUT2D eigenvalue weighted by atomic mass is 10.2. The molecule has 1 aliphatic carbocycles. The van der Waals surface area contributed by atoms with Crippen LogP contribution < -0.4 is 5.01 Å². The van der Waals surface area contributed by atoms with Crippen LogP contribution in [0.2, 0.25) is 0 Å². The van der Waals surface area contributed by atoms with Gasteiger partial charge in [0, 0.05) is 33.3 Å². The second-order valence-corrected chi connectivity index (χ2v) is 10.7. The molecule has 1 fully saturated rings. The van der Waals surface area contributed by atoms with E-state index in [4.69, 9.17) is 0 Å². The summed E-state index contributed by atoms with van der Waals surface area (Å²) < 4.78 is 66.8. The minimum atomic E-state index is -4.57. The summed E-state index contributed by atoms with van der Waals surface area (Å²) in [6.07, 6.45) is -0.518. The molecule has 0 saturated heterocycles. The van der Waals surface area contributed by atoms with Gasteiger partial charge in [0.25, 0.3) is 0 Å². The molecule has 0 spiro atoms. The summed E-state index contributed by atoms with van der Waals surface area (Å²) in [5.41, 5.74) is -0.633. The zero-order valence-electron chi connectivity index (χ0n) is 20.0. The molecular formula is C22H24F3N7O3S. The van der Waals surface area contributed by atoms with E-state index in [0.717, 1.165) is 31.2 Å². The van der Waals surface area contributed by atoms with Crippen molar-refractivity contribution in [2.24, 2.45) is 13.0 Å². The van der Waals surface area contributed by atoms with Gasteiger partial charge in [-0.3, -0.25) is 19.8 Å². The van der Waals surface area contributed by atoms with Gasteiger partial charge in [0.1, 0.15) is 11.4 Å². The lowest BCUT2D eigenvalue weighted by Gasteiger charge is -2.30. The number of aromatic nitrogens is 5. The zero-order chi connectivity index (χ0) is 26.4. The number of halogens is 3. The van der Waals surface area contributed by atoms with Gasteiger partial charge in [-0.15, -0.1) is 10.2 Å². The summed E-state index contributed by atoms with van der Waals surface area (Å²) >= 11 is 0. The van der Waals surface area contributed by atoms with E-state index in [-0.39, 0.29) is 45.5 Å². The third kappa shape index (κ3) is 4.76. The Kier molecular flexibility index (Phi) is 6.49. The van der Waals surface area contributed by atoms with Crippen LogP contribution in [0.5, 0.6) is 0 Å². The van der Waals surface area contributed by atoms with E-state index in [0.29, 0.717) is 5.69 Å². The zero-order valence-corrected chi connectivity index (χ0v) is 20.8. The van der Waals surface area contributed by atoms with Gasteiger partial charge in [-0.1, -0.05) is 6.92 Å². The molecule has 1 saturated carbocycles. The van der Waals surface area contributed by atoms with Gasteiger partial charge in [-0.25, -0.2) is 13.4 Å². The van der Waals surface area contributed by atoms with Crippen LogP contribution in [0.3, 0.4) is 0 Å². The molecule has 1 aliphatic rings. The standard InChI is InChI=1S/C22H24F3N7O3S/c1-5-36(34,35)17-11-15(31(3)32(4)21(33)13-6-7-13)12-27-18(17)20-29-28-19(30(20)2)16-10-14(8-9-26-16)22(23,24)25/h8-13H,5-7H2,1-4H3. The van der Waals surface area contributed by atoms with Crippen LogP contribution in [-0.4, -0.2) is 63.9 Å². The molecule has 36 heavy (non-hydrogen) atoms. The molecule has 3 aromatic heterocycles. The molecular weight excluding hydrogens is 499 g/mol. The number of hydrazine groups is 1. The van der Waals surface area contributed by atoms with Gasteiger partial charge >= 0.3 is 6.18 Å². The van der Waals surface area contributed by atoms with Crippen molar-refractivity contribution >= 4 is 21.4 Å². The number of amides is 1. The molecule has 10 nitrogen and oxygen atoms in total. The maximum Gasteiger partial charge on any atom is 0.416 e. The SMILES string of the molecule is CCS(=O)(=O)c1cc(N(C)N(C)C(=O)C2CC2)cnc1-c1nnc(-c2cc(C(F)(F)F)ccn2)n1C. The number of anilines is 1. The van der Waals surface area contributed by atoms with Crippen molar-refractivity contribution in [3.8, 4) is 23.0 Å². The Morgan fingerprint density at radius 1 is 1.14 bits per heavy atom. The fourth-order valence-electron chi connectivity index (χ4n) is 3.57. The second kappa shape index (κ2) is 9.15. The number of rotatable bonds is 7. The highest BCUT2D eigenvalue weighted by Crippen LogP contribution is 2.34. The third-order valence-corrected chi connectivity index (χ3v) is 7.77. The normalized spacial score (nSPS) is 14.1. The Morgan fingerprint density at radius 2 is 1.81 bits per heavy atom. The predicted octanol–water partition coefficient (Wildman–Crippen LogP) is 2.97. The molecule has 0 aromatic carbocycles. The number of carbonyl (C=O) groups is 1. The van der Waals surface area contributed by atoms with Crippen LogP contribution in [0.25, 0.3) is 23.0 Å². The predicted molar refractivity (Wildman–Crippen MR) is 124 cm³/mol. The van der Waals surface area contributed by atoms with Crippen molar-refractivity contribution in [2.45, 2.75) is 30.8 Å². The number of pyridine rings is 2. The number of alkyl halides is 3. The van der Waals surface area contributed by atoms with E-state index in [1.807, 2.05) is 0 Å². The van der Waals surface area contributed by atoms with Crippen LogP contribution in [0.15, 0.2) is 35.5 Å². The molecule has 0 aliphatic heterocycles. The van der Waals surface area contributed by atoms with Gasteiger partial charge in [0.15, 0.2) is 21.5 Å². The fourth-order valence-corrected chi connectivity index (χ4v) is 4.62. The summed E-state index contributed by atoms with van der Waals surface area (Å²) in [5.74, 6) is -0.300. The maximum absolute atomic E-state index is 13.2. The van der Waals surface area contributed by atoms with E-state index in [2.05, 4.69) is 20.2 Å². The van der Waals surface area contributed by atoms with E-state index in [1.165, 1.54) is 40.8 Å². The Bertz CT molecular complexity index is 1420. The summed E-state index contributed by atoms with van der Waals surface area (Å²) in [4.78, 5) is 20.6. The average Bonchev–Trinajstić information content (AvgIpc) is 3.63. The first-order chi connectivity index (χ1) is 16.8. The largest absolute Gasteiger partial charge is 0.416 e. The van der Waals surface area contributed by atoms with Gasteiger partial charge in [-0.2, -0.15) is 13.2 Å². The van der Waals surface area contributed by atoms with Crippen LogP contribution in [-0.2, 0) is 27.9 Å². The Labute approximate surface area is 205 Å². The molecule has 3 aromatic rings. The van der Waals surface area contributed by atoms with Crippen molar-refractivity contribution in [3.05, 3.63) is 36.2 Å². The number of nitrogens with zero attached hydrogens (tertiary/aromatic N) is 7. The first kappa shape index (κ1) is 25.5. The Hall–Kier alpha value is -3.55. The molecule has 0 radical (unpaired) electrons.